The predicted octanol–water partition coefficient (Wildman–Crippen LogP) is 3.95. The van der Waals surface area contributed by atoms with Crippen LogP contribution < -0.4 is 5.32 Å². The Hall–Kier alpha value is -1.43. The van der Waals surface area contributed by atoms with E-state index < -0.39 is 0 Å². The van der Waals surface area contributed by atoms with Crippen molar-refractivity contribution < 1.29 is 0 Å². The number of nitrogens with one attached hydrogen (secondary N) is 1. The summed E-state index contributed by atoms with van der Waals surface area (Å²) in [5.41, 5.74) is 2.26. The van der Waals surface area contributed by atoms with Gasteiger partial charge in [-0.05, 0) is 36.0 Å². The summed E-state index contributed by atoms with van der Waals surface area (Å²) in [6.07, 6.45) is 1.83. The number of aromatic nitrogens is 2. The molecule has 0 amide bonds. The smallest absolute Gasteiger partial charge is 0.156 e. The summed E-state index contributed by atoms with van der Waals surface area (Å²) in [6.45, 7) is 3.90. The van der Waals surface area contributed by atoms with E-state index >= 15 is 0 Å². The number of para-hydroxylation sites is 1. The highest BCUT2D eigenvalue weighted by atomic mass is 32.2. The summed E-state index contributed by atoms with van der Waals surface area (Å²) in [5, 5.41) is 7.60. The van der Waals surface area contributed by atoms with E-state index in [0.29, 0.717) is 0 Å². The summed E-state index contributed by atoms with van der Waals surface area (Å²) in [7, 11) is 0. The predicted molar refractivity (Wildman–Crippen MR) is 85.4 cm³/mol. The van der Waals surface area contributed by atoms with Crippen molar-refractivity contribution in [1.82, 2.24) is 15.3 Å². The van der Waals surface area contributed by atoms with Crippen molar-refractivity contribution in [3.63, 3.8) is 0 Å². The van der Waals surface area contributed by atoms with Gasteiger partial charge in [0.15, 0.2) is 4.34 Å². The number of fused-ring (bicyclic) bond motifs is 1. The second kappa shape index (κ2) is 6.35. The molecule has 0 unspecified atom stereocenters. The zero-order valence-electron chi connectivity index (χ0n) is 11.2. The van der Waals surface area contributed by atoms with Crippen LogP contribution in [-0.4, -0.2) is 16.5 Å². The SMILES string of the molecule is CCNCc1cc2ccccc2nc1Sc1nccs1. The highest BCUT2D eigenvalue weighted by Gasteiger charge is 2.09. The van der Waals surface area contributed by atoms with Crippen molar-refractivity contribution in [1.29, 1.82) is 0 Å². The molecule has 0 saturated heterocycles. The summed E-state index contributed by atoms with van der Waals surface area (Å²) in [6, 6.07) is 10.5. The van der Waals surface area contributed by atoms with Crippen LogP contribution in [0.25, 0.3) is 10.9 Å². The van der Waals surface area contributed by atoms with E-state index in [1.165, 1.54) is 10.9 Å². The molecule has 1 aromatic carbocycles. The van der Waals surface area contributed by atoms with Crippen molar-refractivity contribution >= 4 is 34.0 Å². The molecule has 2 aromatic heterocycles. The van der Waals surface area contributed by atoms with Gasteiger partial charge in [0.1, 0.15) is 5.03 Å². The quantitative estimate of drug-likeness (QED) is 0.774. The van der Waals surface area contributed by atoms with Gasteiger partial charge in [-0.2, -0.15) is 0 Å². The molecule has 0 bridgehead atoms. The van der Waals surface area contributed by atoms with Gasteiger partial charge in [0.05, 0.1) is 5.52 Å². The molecule has 2 heterocycles. The van der Waals surface area contributed by atoms with Gasteiger partial charge in [-0.15, -0.1) is 11.3 Å². The van der Waals surface area contributed by atoms with Gasteiger partial charge in [0.25, 0.3) is 0 Å². The molecular weight excluding hydrogens is 286 g/mol. The minimum Gasteiger partial charge on any atom is -0.313 e. The van der Waals surface area contributed by atoms with E-state index in [2.05, 4.69) is 41.5 Å². The van der Waals surface area contributed by atoms with Crippen molar-refractivity contribution in [3.05, 3.63) is 47.5 Å². The largest absolute Gasteiger partial charge is 0.313 e. The molecule has 102 valence electrons. The highest BCUT2D eigenvalue weighted by Crippen LogP contribution is 2.32. The number of pyridine rings is 1. The normalized spacial score (nSPS) is 11.1. The lowest BCUT2D eigenvalue weighted by molar-refractivity contribution is 0.713. The molecule has 20 heavy (non-hydrogen) atoms. The Morgan fingerprint density at radius 2 is 2.20 bits per heavy atom. The first-order valence-electron chi connectivity index (χ1n) is 6.53. The second-order valence-corrected chi connectivity index (χ2v) is 6.46. The molecule has 0 aliphatic carbocycles. The summed E-state index contributed by atoms with van der Waals surface area (Å²) >= 11 is 3.29. The fourth-order valence-corrected chi connectivity index (χ4v) is 3.60. The van der Waals surface area contributed by atoms with Gasteiger partial charge in [0.2, 0.25) is 0 Å². The van der Waals surface area contributed by atoms with Crippen LogP contribution in [0.1, 0.15) is 12.5 Å². The molecule has 0 fully saturated rings. The van der Waals surface area contributed by atoms with Gasteiger partial charge < -0.3 is 5.32 Å². The molecule has 3 nitrogen and oxygen atoms in total. The Morgan fingerprint density at radius 1 is 1.30 bits per heavy atom. The molecule has 1 N–H and O–H groups in total. The Balaban J connectivity index is 2.01. The van der Waals surface area contributed by atoms with Crippen LogP contribution in [0.15, 0.2) is 51.3 Å². The van der Waals surface area contributed by atoms with E-state index in [9.17, 15) is 0 Å². The lowest BCUT2D eigenvalue weighted by Crippen LogP contribution is -2.13. The Bertz CT molecular complexity index is 695. The fraction of sp³-hybridized carbons (Fsp3) is 0.200. The molecule has 5 heteroatoms. The van der Waals surface area contributed by atoms with Crippen molar-refractivity contribution in [2.45, 2.75) is 22.8 Å². The third-order valence-electron chi connectivity index (χ3n) is 2.92. The standard InChI is InChI=1S/C15H15N3S2/c1-2-16-10-12-9-11-5-3-4-6-13(11)18-14(12)20-15-17-7-8-19-15/h3-9,16H,2,10H2,1H3. The van der Waals surface area contributed by atoms with Crippen molar-refractivity contribution in [3.8, 4) is 0 Å². The molecule has 0 aliphatic rings. The summed E-state index contributed by atoms with van der Waals surface area (Å²) in [4.78, 5) is 9.13. The third-order valence-corrected chi connectivity index (χ3v) is 4.85. The number of benzene rings is 1. The molecular formula is C15H15N3S2. The molecule has 3 aromatic rings. The van der Waals surface area contributed by atoms with E-state index in [-0.39, 0.29) is 0 Å². The Morgan fingerprint density at radius 3 is 3.00 bits per heavy atom. The molecule has 0 atom stereocenters. The second-order valence-electron chi connectivity index (χ2n) is 4.33. The minimum atomic E-state index is 0.835. The first-order chi connectivity index (χ1) is 9.86. The average molecular weight is 301 g/mol. The van der Waals surface area contributed by atoms with Gasteiger partial charge in [-0.1, -0.05) is 25.1 Å². The maximum absolute atomic E-state index is 4.79. The van der Waals surface area contributed by atoms with Crippen LogP contribution in [0.4, 0.5) is 0 Å². The van der Waals surface area contributed by atoms with E-state index in [4.69, 9.17) is 4.98 Å². The van der Waals surface area contributed by atoms with Crippen LogP contribution in [-0.2, 0) is 6.54 Å². The number of hydrogen-bond acceptors (Lipinski definition) is 5. The zero-order valence-corrected chi connectivity index (χ0v) is 12.8. The lowest BCUT2D eigenvalue weighted by atomic mass is 10.1. The van der Waals surface area contributed by atoms with Crippen molar-refractivity contribution in [2.75, 3.05) is 6.54 Å². The average Bonchev–Trinajstić information content (AvgIpc) is 2.98. The van der Waals surface area contributed by atoms with Crippen LogP contribution in [0.3, 0.4) is 0 Å². The molecule has 0 spiro atoms. The Kier molecular flexibility index (Phi) is 4.30. The monoisotopic (exact) mass is 301 g/mol. The Labute approximate surface area is 126 Å². The topological polar surface area (TPSA) is 37.8 Å². The van der Waals surface area contributed by atoms with Gasteiger partial charge in [0, 0.05) is 23.5 Å². The maximum atomic E-state index is 4.79. The third kappa shape index (κ3) is 3.00. The zero-order chi connectivity index (χ0) is 13.8. The van der Waals surface area contributed by atoms with Crippen LogP contribution in [0.2, 0.25) is 0 Å². The molecule has 3 rings (SSSR count). The molecule has 0 aliphatic heterocycles. The van der Waals surface area contributed by atoms with Gasteiger partial charge >= 0.3 is 0 Å². The summed E-state index contributed by atoms with van der Waals surface area (Å²) < 4.78 is 1.03. The first-order valence-corrected chi connectivity index (χ1v) is 8.23. The van der Waals surface area contributed by atoms with E-state index in [1.807, 2.05) is 17.6 Å². The lowest BCUT2D eigenvalue weighted by Gasteiger charge is -2.09. The first kappa shape index (κ1) is 13.5. The highest BCUT2D eigenvalue weighted by molar-refractivity contribution is 8.01. The van der Waals surface area contributed by atoms with E-state index in [0.717, 1.165) is 28.0 Å². The van der Waals surface area contributed by atoms with Crippen LogP contribution in [0, 0.1) is 0 Å². The number of rotatable bonds is 5. The molecule has 0 saturated carbocycles. The fourth-order valence-electron chi connectivity index (χ4n) is 1.96. The van der Waals surface area contributed by atoms with Crippen molar-refractivity contribution in [2.24, 2.45) is 0 Å². The maximum Gasteiger partial charge on any atom is 0.156 e. The van der Waals surface area contributed by atoms with Gasteiger partial charge in [-0.3, -0.25) is 0 Å². The minimum absolute atomic E-state index is 0.835. The number of hydrogen-bond donors (Lipinski definition) is 1. The van der Waals surface area contributed by atoms with E-state index in [1.54, 1.807) is 23.1 Å². The van der Waals surface area contributed by atoms with Crippen LogP contribution >= 0.6 is 23.1 Å². The summed E-state index contributed by atoms with van der Waals surface area (Å²) in [5.74, 6) is 0. The number of thiazole rings is 1. The molecule has 0 radical (unpaired) electrons. The number of nitrogens with zero attached hydrogens (tertiary/aromatic N) is 2. The van der Waals surface area contributed by atoms with Gasteiger partial charge in [-0.25, -0.2) is 9.97 Å². The van der Waals surface area contributed by atoms with Crippen LogP contribution in [0.5, 0.6) is 0 Å².